The van der Waals surface area contributed by atoms with Crippen molar-refractivity contribution in [3.8, 4) is 0 Å². The molecule has 0 aromatic carbocycles. The molecule has 0 aliphatic heterocycles. The SMILES string of the molecule is OCCO.[Cl][Co][Cl]. The fourth-order valence-corrected chi connectivity index (χ4v) is 0. The Hall–Kier alpha value is 1.01. The summed E-state index contributed by atoms with van der Waals surface area (Å²) < 4.78 is 0. The van der Waals surface area contributed by atoms with Gasteiger partial charge in [0.1, 0.15) is 0 Å². The molecule has 5 heteroatoms. The quantitative estimate of drug-likeness (QED) is 0.628. The van der Waals surface area contributed by atoms with E-state index >= 15 is 0 Å². The van der Waals surface area contributed by atoms with Crippen molar-refractivity contribution in [2.75, 3.05) is 13.2 Å². The summed E-state index contributed by atoms with van der Waals surface area (Å²) in [5.41, 5.74) is 0. The van der Waals surface area contributed by atoms with E-state index in [2.05, 4.69) is 0 Å². The molecule has 0 aliphatic carbocycles. The van der Waals surface area contributed by atoms with E-state index in [-0.39, 0.29) is 13.2 Å². The fourth-order valence-electron chi connectivity index (χ4n) is 0. The summed E-state index contributed by atoms with van der Waals surface area (Å²) in [6.45, 7) is -0.250. The van der Waals surface area contributed by atoms with Gasteiger partial charge in [0, 0.05) is 0 Å². The number of aliphatic hydroxyl groups is 2. The van der Waals surface area contributed by atoms with Gasteiger partial charge in [0.15, 0.2) is 0 Å². The third-order valence-electron chi connectivity index (χ3n) is 0.1000. The first-order chi connectivity index (χ1) is 3.33. The second-order valence-corrected chi connectivity index (χ2v) is 2.21. The summed E-state index contributed by atoms with van der Waals surface area (Å²) in [5.74, 6) is 0. The molecule has 0 saturated heterocycles. The van der Waals surface area contributed by atoms with Crippen molar-refractivity contribution in [3.63, 3.8) is 0 Å². The second-order valence-electron chi connectivity index (χ2n) is 0.495. The standard InChI is InChI=1S/C2H6O2.2ClH.Co/c3-1-2-4;;;/h3-4H,1-2H2;2*1H;/q;;;+2/p-2. The second kappa shape index (κ2) is 15.7. The van der Waals surface area contributed by atoms with Gasteiger partial charge in [0.05, 0.1) is 13.2 Å². The molecule has 2 N–H and O–H groups in total. The molecule has 2 nitrogen and oxygen atoms in total. The Morgan fingerprint density at radius 1 is 1.14 bits per heavy atom. The van der Waals surface area contributed by atoms with Gasteiger partial charge in [-0.2, -0.15) is 0 Å². The average Bonchev–Trinajstić information content (AvgIpc) is 1.69. The van der Waals surface area contributed by atoms with E-state index in [1.165, 1.54) is 0 Å². The van der Waals surface area contributed by atoms with E-state index < -0.39 is 0 Å². The third-order valence-corrected chi connectivity index (χ3v) is 0.1000. The zero-order chi connectivity index (χ0) is 6.12. The van der Waals surface area contributed by atoms with Gasteiger partial charge in [-0.3, -0.25) is 0 Å². The van der Waals surface area contributed by atoms with E-state index in [0.717, 1.165) is 0 Å². The van der Waals surface area contributed by atoms with Crippen molar-refractivity contribution >= 4 is 20.3 Å². The van der Waals surface area contributed by atoms with E-state index in [0.29, 0.717) is 12.9 Å². The molecule has 0 radical (unpaired) electrons. The van der Waals surface area contributed by atoms with Crippen molar-refractivity contribution in [1.82, 2.24) is 0 Å². The van der Waals surface area contributed by atoms with Crippen molar-refractivity contribution in [3.05, 3.63) is 0 Å². The van der Waals surface area contributed by atoms with Gasteiger partial charge in [-0.05, 0) is 0 Å². The number of halogens is 2. The molecular weight excluding hydrogens is 186 g/mol. The van der Waals surface area contributed by atoms with Crippen LogP contribution in [0, 0.1) is 0 Å². The first-order valence-electron chi connectivity index (χ1n) is 1.38. The van der Waals surface area contributed by atoms with Crippen LogP contribution in [-0.4, -0.2) is 23.4 Å². The average molecular weight is 192 g/mol. The van der Waals surface area contributed by atoms with Crippen LogP contribution in [0.15, 0.2) is 0 Å². The van der Waals surface area contributed by atoms with E-state index in [9.17, 15) is 0 Å². The molecule has 0 atom stereocenters. The van der Waals surface area contributed by atoms with Gasteiger partial charge in [-0.25, -0.2) is 0 Å². The molecule has 0 fully saturated rings. The molecule has 0 aromatic rings. The zero-order valence-electron chi connectivity index (χ0n) is 3.40. The van der Waals surface area contributed by atoms with Crippen LogP contribution in [0.3, 0.4) is 0 Å². The van der Waals surface area contributed by atoms with Crippen molar-refractivity contribution in [1.29, 1.82) is 0 Å². The molecule has 0 unspecified atom stereocenters. The molecule has 7 heavy (non-hydrogen) atoms. The molecule has 49 valence electrons. The molecule has 0 bridgehead atoms. The summed E-state index contributed by atoms with van der Waals surface area (Å²) in [6, 6.07) is 0. The predicted molar refractivity (Wildman–Crippen MR) is 25.9 cm³/mol. The maximum absolute atomic E-state index is 7.62. The Morgan fingerprint density at radius 3 is 1.29 bits per heavy atom. The number of hydrogen-bond donors (Lipinski definition) is 2. The maximum atomic E-state index is 7.62. The molecule has 0 rings (SSSR count). The van der Waals surface area contributed by atoms with Gasteiger partial charge in [-0.1, -0.05) is 0 Å². The molecule has 0 heterocycles. The summed E-state index contributed by atoms with van der Waals surface area (Å²) >= 11 is 0.382. The molecule has 0 spiro atoms. The van der Waals surface area contributed by atoms with E-state index in [4.69, 9.17) is 30.5 Å². The van der Waals surface area contributed by atoms with Crippen LogP contribution in [0.1, 0.15) is 0 Å². The van der Waals surface area contributed by atoms with Gasteiger partial charge < -0.3 is 10.2 Å². The Morgan fingerprint density at radius 2 is 1.29 bits per heavy atom. The van der Waals surface area contributed by atoms with Crippen LogP contribution in [0.2, 0.25) is 0 Å². The summed E-state index contributed by atoms with van der Waals surface area (Å²) in [7, 11) is 9.47. The minimum absolute atomic E-state index is 0.125. The topological polar surface area (TPSA) is 40.5 Å². The first-order valence-corrected chi connectivity index (χ1v) is 4.25. The van der Waals surface area contributed by atoms with E-state index in [1.807, 2.05) is 0 Å². The normalized spacial score (nSPS) is 7.43. The van der Waals surface area contributed by atoms with Gasteiger partial charge in [0.2, 0.25) is 0 Å². The van der Waals surface area contributed by atoms with Crippen LogP contribution in [0.4, 0.5) is 0 Å². The Labute approximate surface area is 56.9 Å². The summed E-state index contributed by atoms with van der Waals surface area (Å²) in [6.07, 6.45) is 0. The predicted octanol–water partition coefficient (Wildman–Crippen LogP) is 0.347. The monoisotopic (exact) mass is 191 g/mol. The van der Waals surface area contributed by atoms with Crippen molar-refractivity contribution in [2.24, 2.45) is 0 Å². The zero-order valence-corrected chi connectivity index (χ0v) is 5.95. The Balaban J connectivity index is 0. The van der Waals surface area contributed by atoms with Crippen LogP contribution >= 0.6 is 20.3 Å². The molecule has 0 amide bonds. The van der Waals surface area contributed by atoms with Crippen LogP contribution < -0.4 is 0 Å². The Bertz CT molecular complexity index is 21.2. The molecular formula is C2H6Cl2CoO2. The van der Waals surface area contributed by atoms with Gasteiger partial charge >= 0.3 is 33.2 Å². The third kappa shape index (κ3) is 43.6. The molecule has 0 saturated carbocycles. The Kier molecular flexibility index (Phi) is 24.5. The van der Waals surface area contributed by atoms with Crippen LogP contribution in [-0.2, 0) is 12.9 Å². The molecule has 0 aromatic heterocycles. The van der Waals surface area contributed by atoms with Crippen LogP contribution in [0.25, 0.3) is 0 Å². The number of aliphatic hydroxyl groups excluding tert-OH is 2. The fraction of sp³-hybridized carbons (Fsp3) is 1.00. The minimum atomic E-state index is -0.125. The molecule has 0 aliphatic rings. The number of hydrogen-bond acceptors (Lipinski definition) is 2. The summed E-state index contributed by atoms with van der Waals surface area (Å²) in [4.78, 5) is 0. The van der Waals surface area contributed by atoms with Gasteiger partial charge in [0.25, 0.3) is 0 Å². The van der Waals surface area contributed by atoms with Crippen molar-refractivity contribution in [2.45, 2.75) is 0 Å². The van der Waals surface area contributed by atoms with Crippen LogP contribution in [0.5, 0.6) is 0 Å². The summed E-state index contributed by atoms with van der Waals surface area (Å²) in [5, 5.41) is 15.2. The number of rotatable bonds is 1. The van der Waals surface area contributed by atoms with E-state index in [1.54, 1.807) is 0 Å². The van der Waals surface area contributed by atoms with Gasteiger partial charge in [-0.15, -0.1) is 0 Å². The first kappa shape index (κ1) is 10.9. The van der Waals surface area contributed by atoms with Crippen molar-refractivity contribution < 1.29 is 23.1 Å².